The van der Waals surface area contributed by atoms with Gasteiger partial charge in [-0.15, -0.1) is 0 Å². The van der Waals surface area contributed by atoms with E-state index < -0.39 is 8.07 Å². The minimum Gasteiger partial charge on any atom is -0.454 e. The molecule has 2 heterocycles. The summed E-state index contributed by atoms with van der Waals surface area (Å²) in [6, 6.07) is 77.8. The first kappa shape index (κ1) is 40.6. The van der Waals surface area contributed by atoms with Crippen molar-refractivity contribution in [2.24, 2.45) is 0 Å². The van der Waals surface area contributed by atoms with Gasteiger partial charge in [-0.1, -0.05) is 176 Å². The smallest absolute Gasteiger partial charge is 0.159 e. The largest absolute Gasteiger partial charge is 0.454 e. The van der Waals surface area contributed by atoms with Crippen molar-refractivity contribution in [3.05, 3.63) is 229 Å². The molecule has 0 amide bonds. The van der Waals surface area contributed by atoms with Crippen molar-refractivity contribution >= 4 is 85.3 Å². The van der Waals surface area contributed by atoms with Gasteiger partial charge in [-0.25, -0.2) is 0 Å². The fourth-order valence-corrected chi connectivity index (χ4v) is 14.2. The van der Waals surface area contributed by atoms with Crippen LogP contribution in [0.15, 0.2) is 217 Å². The third-order valence-corrected chi connectivity index (χ3v) is 17.6. The predicted octanol–water partition coefficient (Wildman–Crippen LogP) is 16.7. The van der Waals surface area contributed by atoms with Crippen LogP contribution in [0.2, 0.25) is 13.1 Å². The molecule has 0 bridgehead atoms. The molecule has 12 rings (SSSR count). The van der Waals surface area contributed by atoms with E-state index in [1.165, 1.54) is 77.2 Å². The maximum atomic E-state index is 6.71. The number of benzene rings is 10. The van der Waals surface area contributed by atoms with Crippen molar-refractivity contribution in [1.82, 2.24) is 0 Å². The Morgan fingerprint density at radius 2 is 0.970 bits per heavy atom. The maximum Gasteiger partial charge on any atom is 0.159 e. The summed E-state index contributed by atoms with van der Waals surface area (Å²) < 4.78 is 6.71. The van der Waals surface area contributed by atoms with E-state index >= 15 is 0 Å². The number of anilines is 6. The van der Waals surface area contributed by atoms with E-state index in [1.807, 2.05) is 6.07 Å². The van der Waals surface area contributed by atoms with Crippen LogP contribution < -0.4 is 20.2 Å². The van der Waals surface area contributed by atoms with Gasteiger partial charge in [0.2, 0.25) is 0 Å². The Labute approximate surface area is 393 Å². The first-order chi connectivity index (χ1) is 32.7. The predicted molar refractivity (Wildman–Crippen MR) is 288 cm³/mol. The summed E-state index contributed by atoms with van der Waals surface area (Å²) >= 11 is 0. The molecule has 0 saturated heterocycles. The summed E-state index contributed by atoms with van der Waals surface area (Å²) in [4.78, 5) is 4.84. The lowest BCUT2D eigenvalue weighted by molar-refractivity contribution is 0.669. The van der Waals surface area contributed by atoms with Gasteiger partial charge in [0.25, 0.3) is 0 Å². The van der Waals surface area contributed by atoms with E-state index in [9.17, 15) is 0 Å². The van der Waals surface area contributed by atoms with Crippen molar-refractivity contribution in [2.75, 3.05) is 9.80 Å². The van der Waals surface area contributed by atoms with Crippen LogP contribution in [-0.2, 0) is 0 Å². The molecule has 3 nitrogen and oxygen atoms in total. The lowest BCUT2D eigenvalue weighted by atomic mass is 9.91. The number of furan rings is 1. The van der Waals surface area contributed by atoms with Gasteiger partial charge in [0, 0.05) is 33.4 Å². The number of hydrogen-bond donors (Lipinski definition) is 0. The van der Waals surface area contributed by atoms with E-state index in [1.54, 1.807) is 0 Å². The number of para-hydroxylation sites is 4. The summed E-state index contributed by atoms with van der Waals surface area (Å²) in [6.07, 6.45) is 0. The first-order valence-electron chi connectivity index (χ1n) is 23.3. The topological polar surface area (TPSA) is 19.6 Å². The minimum absolute atomic E-state index is 0.867. The second-order valence-electron chi connectivity index (χ2n) is 18.7. The Hall–Kier alpha value is -7.92. The molecule has 0 atom stereocenters. The van der Waals surface area contributed by atoms with Gasteiger partial charge in [-0.2, -0.15) is 0 Å². The van der Waals surface area contributed by atoms with Crippen LogP contribution in [-0.4, -0.2) is 8.07 Å². The van der Waals surface area contributed by atoms with Crippen LogP contribution in [0.4, 0.5) is 34.1 Å². The summed E-state index contributed by atoms with van der Waals surface area (Å²) in [5.41, 5.74) is 19.8. The van der Waals surface area contributed by atoms with Gasteiger partial charge >= 0.3 is 0 Å². The Bertz CT molecular complexity index is 3680. The molecule has 4 heteroatoms. The molecule has 0 aliphatic carbocycles. The van der Waals surface area contributed by atoms with Crippen molar-refractivity contribution in [2.45, 2.75) is 33.9 Å². The fourth-order valence-electron chi connectivity index (χ4n) is 11.1. The van der Waals surface area contributed by atoms with Gasteiger partial charge in [-0.05, 0) is 135 Å². The average molecular weight is 879 g/mol. The highest BCUT2D eigenvalue weighted by Crippen LogP contribution is 2.47. The van der Waals surface area contributed by atoms with Gasteiger partial charge in [0.1, 0.15) is 13.7 Å². The first-order valence-corrected chi connectivity index (χ1v) is 26.3. The summed E-state index contributed by atoms with van der Waals surface area (Å²) in [5, 5.41) is 7.87. The third-order valence-electron chi connectivity index (χ3n) is 14.1. The fraction of sp³-hybridized carbons (Fsp3) is 0.0794. The van der Waals surface area contributed by atoms with Crippen LogP contribution >= 0.6 is 0 Å². The molecule has 322 valence electrons. The minimum atomic E-state index is -2.21. The van der Waals surface area contributed by atoms with Crippen molar-refractivity contribution in [1.29, 1.82) is 0 Å². The zero-order valence-electron chi connectivity index (χ0n) is 38.5. The highest BCUT2D eigenvalue weighted by atomic mass is 28.3. The quantitative estimate of drug-likeness (QED) is 0.142. The lowest BCUT2D eigenvalue weighted by Gasteiger charge is -2.36. The van der Waals surface area contributed by atoms with Crippen LogP contribution in [0.1, 0.15) is 16.7 Å². The molecule has 11 aromatic rings. The van der Waals surface area contributed by atoms with E-state index in [-0.39, 0.29) is 0 Å². The number of hydrogen-bond acceptors (Lipinski definition) is 3. The Kier molecular flexibility index (Phi) is 9.63. The zero-order valence-corrected chi connectivity index (χ0v) is 39.5. The highest BCUT2D eigenvalue weighted by Gasteiger charge is 2.37. The van der Waals surface area contributed by atoms with E-state index in [2.05, 4.69) is 250 Å². The van der Waals surface area contributed by atoms with Crippen LogP contribution in [0.3, 0.4) is 0 Å². The van der Waals surface area contributed by atoms with E-state index in [4.69, 9.17) is 4.42 Å². The number of fused-ring (bicyclic) bond motifs is 5. The summed E-state index contributed by atoms with van der Waals surface area (Å²) in [6.45, 7) is 11.8. The number of rotatable bonds is 8. The van der Waals surface area contributed by atoms with Crippen LogP contribution in [0.5, 0.6) is 0 Å². The van der Waals surface area contributed by atoms with Gasteiger partial charge in [0.05, 0.1) is 17.1 Å². The van der Waals surface area contributed by atoms with E-state index in [0.717, 1.165) is 50.1 Å². The summed E-state index contributed by atoms with van der Waals surface area (Å²) in [5.74, 6) is 0. The molecule has 10 aromatic carbocycles. The molecular formula is C63H50N2OSi. The van der Waals surface area contributed by atoms with Crippen molar-refractivity contribution in [3.8, 4) is 33.4 Å². The Morgan fingerprint density at radius 3 is 1.76 bits per heavy atom. The molecule has 0 fully saturated rings. The molecule has 1 aliphatic rings. The second-order valence-corrected chi connectivity index (χ2v) is 23.0. The molecule has 0 N–H and O–H groups in total. The van der Waals surface area contributed by atoms with Crippen LogP contribution in [0.25, 0.3) is 66.1 Å². The monoisotopic (exact) mass is 878 g/mol. The highest BCUT2D eigenvalue weighted by molar-refractivity contribution is 7.03. The maximum absolute atomic E-state index is 6.71. The molecule has 0 radical (unpaired) electrons. The van der Waals surface area contributed by atoms with Gasteiger partial charge in [0.15, 0.2) is 5.58 Å². The van der Waals surface area contributed by atoms with Gasteiger partial charge in [-0.3, -0.25) is 0 Å². The lowest BCUT2D eigenvalue weighted by Crippen LogP contribution is -2.56. The SMILES string of the molecule is Cc1cc(C)c(N(c2ccccc2)c2ccc3c(c2)[Si](C)(C)c2cccc4c(-c5ccc(N(c6ccccc6-c6ccccc6)c6cccc7c6oc6ccccc67)cc5)ccc-3c24)c(C)c1. The van der Waals surface area contributed by atoms with Gasteiger partial charge < -0.3 is 14.2 Å². The van der Waals surface area contributed by atoms with Crippen molar-refractivity contribution < 1.29 is 4.42 Å². The molecule has 1 aliphatic heterocycles. The normalized spacial score (nSPS) is 12.7. The molecule has 0 saturated carbocycles. The third kappa shape index (κ3) is 6.62. The average Bonchev–Trinajstić information content (AvgIpc) is 3.75. The Morgan fingerprint density at radius 1 is 0.388 bits per heavy atom. The molecule has 1 aromatic heterocycles. The standard InChI is InChI=1S/C63H50N2OSi/c1-41-38-42(2)62(43(3)39-41)64(46-20-10-7-11-21-46)48-34-35-52-54-37-36-49(53-24-17-29-59(61(53)54)67(4,5)60(52)40-48)45-30-32-47(33-31-45)65(56-26-14-12-22-50(56)44-18-8-6-9-19-44)57-27-16-25-55-51-23-13-15-28-58(51)66-63(55)57/h6-40H,1-5H3. The van der Waals surface area contributed by atoms with Crippen LogP contribution in [0, 0.1) is 20.8 Å². The molecular weight excluding hydrogens is 829 g/mol. The van der Waals surface area contributed by atoms with E-state index in [0.29, 0.717) is 0 Å². The second kappa shape index (κ2) is 15.9. The zero-order chi connectivity index (χ0) is 45.4. The molecule has 0 spiro atoms. The number of nitrogens with zero attached hydrogens (tertiary/aromatic N) is 2. The Balaban J connectivity index is 0.984. The number of aryl methyl sites for hydroxylation is 3. The molecule has 67 heavy (non-hydrogen) atoms. The molecule has 0 unspecified atom stereocenters. The summed E-state index contributed by atoms with van der Waals surface area (Å²) in [7, 11) is -2.21. The van der Waals surface area contributed by atoms with Crippen molar-refractivity contribution in [3.63, 3.8) is 0 Å².